The molecular formula is C11H17FN2O2S. The molecule has 1 rings (SSSR count). The molecule has 0 amide bonds. The van der Waals surface area contributed by atoms with Gasteiger partial charge in [0, 0.05) is 18.2 Å². The van der Waals surface area contributed by atoms with Crippen LogP contribution in [0.3, 0.4) is 0 Å². The number of nitrogens with two attached hydrogens (primary N) is 1. The van der Waals surface area contributed by atoms with E-state index in [9.17, 15) is 12.8 Å². The van der Waals surface area contributed by atoms with Crippen molar-refractivity contribution in [2.24, 2.45) is 5.73 Å². The predicted octanol–water partition coefficient (Wildman–Crippen LogP) is 1.15. The molecule has 0 heterocycles. The van der Waals surface area contributed by atoms with Gasteiger partial charge in [0.05, 0.1) is 4.90 Å². The maximum atomic E-state index is 13.2. The monoisotopic (exact) mass is 260 g/mol. The van der Waals surface area contributed by atoms with E-state index in [1.54, 1.807) is 6.92 Å². The van der Waals surface area contributed by atoms with Gasteiger partial charge in [0.2, 0.25) is 10.0 Å². The van der Waals surface area contributed by atoms with E-state index in [0.29, 0.717) is 6.42 Å². The standard InChI is InChI=1S/C11H17FN2O2S/c1-8(13)6-7-14-17(15,16)11-5-3-4-10(12)9(11)2/h3-5,8,14H,6-7,13H2,1-2H3/t8-/m1/s1. The highest BCUT2D eigenvalue weighted by atomic mass is 32.2. The third-order valence-electron chi connectivity index (χ3n) is 2.40. The lowest BCUT2D eigenvalue weighted by Gasteiger charge is -2.10. The van der Waals surface area contributed by atoms with E-state index >= 15 is 0 Å². The zero-order chi connectivity index (χ0) is 13.1. The Balaban J connectivity index is 2.87. The van der Waals surface area contributed by atoms with Gasteiger partial charge in [0.1, 0.15) is 5.82 Å². The highest BCUT2D eigenvalue weighted by Gasteiger charge is 2.17. The van der Waals surface area contributed by atoms with E-state index in [1.807, 2.05) is 0 Å². The molecule has 0 saturated carbocycles. The molecule has 0 aliphatic rings. The highest BCUT2D eigenvalue weighted by molar-refractivity contribution is 7.89. The van der Waals surface area contributed by atoms with Gasteiger partial charge in [-0.2, -0.15) is 0 Å². The Kier molecular flexibility index (Phi) is 4.62. The van der Waals surface area contributed by atoms with Crippen LogP contribution in [0.25, 0.3) is 0 Å². The van der Waals surface area contributed by atoms with Crippen LogP contribution in [0.5, 0.6) is 0 Å². The minimum absolute atomic E-state index is 0.0258. The van der Waals surface area contributed by atoms with Crippen LogP contribution in [0, 0.1) is 12.7 Å². The maximum absolute atomic E-state index is 13.2. The van der Waals surface area contributed by atoms with Crippen LogP contribution in [-0.2, 0) is 10.0 Å². The lowest BCUT2D eigenvalue weighted by molar-refractivity contribution is 0.566. The molecule has 0 bridgehead atoms. The number of rotatable bonds is 5. The molecule has 6 heteroatoms. The molecule has 0 aliphatic carbocycles. The van der Waals surface area contributed by atoms with E-state index in [1.165, 1.54) is 25.1 Å². The van der Waals surface area contributed by atoms with Gasteiger partial charge in [-0.05, 0) is 32.4 Å². The van der Waals surface area contributed by atoms with Crippen molar-refractivity contribution < 1.29 is 12.8 Å². The van der Waals surface area contributed by atoms with Crippen molar-refractivity contribution >= 4 is 10.0 Å². The molecule has 1 aromatic carbocycles. The molecule has 0 radical (unpaired) electrons. The van der Waals surface area contributed by atoms with E-state index in [-0.39, 0.29) is 23.0 Å². The lowest BCUT2D eigenvalue weighted by atomic mass is 10.2. The summed E-state index contributed by atoms with van der Waals surface area (Å²) in [6.07, 6.45) is 0.535. The largest absolute Gasteiger partial charge is 0.328 e. The van der Waals surface area contributed by atoms with Gasteiger partial charge in [-0.3, -0.25) is 0 Å². The minimum Gasteiger partial charge on any atom is -0.328 e. The first kappa shape index (κ1) is 14.1. The summed E-state index contributed by atoms with van der Waals surface area (Å²) in [5, 5.41) is 0. The van der Waals surface area contributed by atoms with Crippen molar-refractivity contribution in [3.8, 4) is 0 Å². The van der Waals surface area contributed by atoms with Gasteiger partial charge >= 0.3 is 0 Å². The summed E-state index contributed by atoms with van der Waals surface area (Å²) in [5.41, 5.74) is 5.65. The third kappa shape index (κ3) is 3.76. The molecule has 0 unspecified atom stereocenters. The topological polar surface area (TPSA) is 72.2 Å². The van der Waals surface area contributed by atoms with Crippen LogP contribution in [0.2, 0.25) is 0 Å². The number of halogens is 1. The first-order valence-electron chi connectivity index (χ1n) is 5.35. The molecule has 1 aromatic rings. The smallest absolute Gasteiger partial charge is 0.240 e. The summed E-state index contributed by atoms with van der Waals surface area (Å²) in [5.74, 6) is -0.528. The summed E-state index contributed by atoms with van der Waals surface area (Å²) in [6.45, 7) is 3.48. The second-order valence-corrected chi connectivity index (χ2v) is 5.76. The van der Waals surface area contributed by atoms with E-state index < -0.39 is 15.8 Å². The Labute approximate surface area is 101 Å². The fourth-order valence-electron chi connectivity index (χ4n) is 1.38. The van der Waals surface area contributed by atoms with Crippen molar-refractivity contribution in [3.63, 3.8) is 0 Å². The van der Waals surface area contributed by atoms with Crippen molar-refractivity contribution in [1.82, 2.24) is 4.72 Å². The van der Waals surface area contributed by atoms with Crippen LogP contribution < -0.4 is 10.5 Å². The molecule has 96 valence electrons. The molecule has 0 spiro atoms. The molecular weight excluding hydrogens is 243 g/mol. The van der Waals surface area contributed by atoms with E-state index in [0.717, 1.165) is 0 Å². The quantitative estimate of drug-likeness (QED) is 0.834. The number of hydrogen-bond donors (Lipinski definition) is 2. The molecule has 0 aromatic heterocycles. The summed E-state index contributed by atoms with van der Waals surface area (Å²) in [6, 6.07) is 3.91. The van der Waals surface area contributed by atoms with Crippen molar-refractivity contribution in [2.45, 2.75) is 31.2 Å². The average Bonchev–Trinajstić information content (AvgIpc) is 2.21. The molecule has 0 fully saturated rings. The van der Waals surface area contributed by atoms with Crippen LogP contribution in [0.1, 0.15) is 18.9 Å². The maximum Gasteiger partial charge on any atom is 0.240 e. The highest BCUT2D eigenvalue weighted by Crippen LogP contribution is 2.17. The summed E-state index contributed by atoms with van der Waals surface area (Å²) >= 11 is 0. The molecule has 0 aliphatic heterocycles. The fourth-order valence-corrected chi connectivity index (χ4v) is 2.68. The Morgan fingerprint density at radius 2 is 2.12 bits per heavy atom. The van der Waals surface area contributed by atoms with Gasteiger partial charge in [-0.1, -0.05) is 6.07 Å². The van der Waals surface area contributed by atoms with Crippen molar-refractivity contribution in [1.29, 1.82) is 0 Å². The normalized spacial score (nSPS) is 13.6. The van der Waals surface area contributed by atoms with Crippen LogP contribution in [0.15, 0.2) is 23.1 Å². The van der Waals surface area contributed by atoms with Gasteiger partial charge < -0.3 is 5.73 Å². The van der Waals surface area contributed by atoms with Crippen molar-refractivity contribution in [2.75, 3.05) is 6.54 Å². The van der Waals surface area contributed by atoms with Gasteiger partial charge in [-0.15, -0.1) is 0 Å². The molecule has 0 saturated heterocycles. The number of benzene rings is 1. The lowest BCUT2D eigenvalue weighted by Crippen LogP contribution is -2.29. The Morgan fingerprint density at radius 3 is 2.71 bits per heavy atom. The Morgan fingerprint density at radius 1 is 1.47 bits per heavy atom. The van der Waals surface area contributed by atoms with E-state index in [2.05, 4.69) is 4.72 Å². The Bertz CT molecular complexity index is 486. The number of nitrogens with one attached hydrogen (secondary N) is 1. The van der Waals surface area contributed by atoms with Crippen molar-refractivity contribution in [3.05, 3.63) is 29.6 Å². The summed E-state index contributed by atoms with van der Waals surface area (Å²) in [4.78, 5) is -0.0258. The first-order chi connectivity index (χ1) is 7.84. The molecule has 17 heavy (non-hydrogen) atoms. The van der Waals surface area contributed by atoms with Gasteiger partial charge in [0.15, 0.2) is 0 Å². The second kappa shape index (κ2) is 5.57. The second-order valence-electron chi connectivity index (χ2n) is 4.03. The summed E-state index contributed by atoms with van der Waals surface area (Å²) < 4.78 is 39.4. The zero-order valence-electron chi connectivity index (χ0n) is 9.90. The number of sulfonamides is 1. The van der Waals surface area contributed by atoms with Crippen LogP contribution in [0.4, 0.5) is 4.39 Å². The first-order valence-corrected chi connectivity index (χ1v) is 6.83. The number of hydrogen-bond acceptors (Lipinski definition) is 3. The molecule has 3 N–H and O–H groups in total. The fraction of sp³-hybridized carbons (Fsp3) is 0.455. The van der Waals surface area contributed by atoms with Gasteiger partial charge in [0.25, 0.3) is 0 Å². The predicted molar refractivity (Wildman–Crippen MR) is 64.6 cm³/mol. The third-order valence-corrected chi connectivity index (χ3v) is 4.00. The average molecular weight is 260 g/mol. The Hall–Kier alpha value is -0.980. The van der Waals surface area contributed by atoms with E-state index in [4.69, 9.17) is 5.73 Å². The zero-order valence-corrected chi connectivity index (χ0v) is 10.7. The SMILES string of the molecule is Cc1c(F)cccc1S(=O)(=O)NCC[C@@H](C)N. The van der Waals surface area contributed by atoms with Crippen LogP contribution >= 0.6 is 0 Å². The molecule has 1 atom stereocenters. The summed E-state index contributed by atoms with van der Waals surface area (Å²) in [7, 11) is -3.65. The van der Waals surface area contributed by atoms with Crippen LogP contribution in [-0.4, -0.2) is 21.0 Å². The van der Waals surface area contributed by atoms with Gasteiger partial charge in [-0.25, -0.2) is 17.5 Å². The molecule has 4 nitrogen and oxygen atoms in total. The minimum atomic E-state index is -3.65.